The summed E-state index contributed by atoms with van der Waals surface area (Å²) in [6.45, 7) is 7.22. The first-order valence-electron chi connectivity index (χ1n) is 5.14. The molecule has 0 bridgehead atoms. The Morgan fingerprint density at radius 3 is 3.00 bits per heavy atom. The molecule has 0 aromatic carbocycles. The molecule has 2 rings (SSSR count). The predicted molar refractivity (Wildman–Crippen MR) is 54.4 cm³/mol. The van der Waals surface area contributed by atoms with E-state index in [1.807, 2.05) is 10.9 Å². The molecule has 1 aromatic rings. The number of nitrogens with zero attached hydrogens (tertiary/aromatic N) is 2. The van der Waals surface area contributed by atoms with E-state index in [4.69, 9.17) is 4.74 Å². The summed E-state index contributed by atoms with van der Waals surface area (Å²) < 4.78 is 7.60. The van der Waals surface area contributed by atoms with Gasteiger partial charge in [-0.3, -0.25) is 4.68 Å². The molecule has 0 radical (unpaired) electrons. The normalized spacial score (nSPS) is 17.1. The second-order valence-electron chi connectivity index (χ2n) is 4.19. The molecule has 0 saturated carbocycles. The van der Waals surface area contributed by atoms with Crippen LogP contribution in [0.25, 0.3) is 0 Å². The molecule has 1 aliphatic rings. The average Bonchev–Trinajstić information content (AvgIpc) is 2.44. The van der Waals surface area contributed by atoms with Gasteiger partial charge in [0.1, 0.15) is 6.10 Å². The molecule has 1 fully saturated rings. The zero-order valence-corrected chi connectivity index (χ0v) is 8.73. The number of hydrogen-bond acceptors (Lipinski definition) is 3. The molecule has 2 heterocycles. The fourth-order valence-corrected chi connectivity index (χ4v) is 1.42. The zero-order valence-electron chi connectivity index (χ0n) is 8.73. The van der Waals surface area contributed by atoms with E-state index in [9.17, 15) is 0 Å². The van der Waals surface area contributed by atoms with Crippen LogP contribution in [0.15, 0.2) is 12.4 Å². The van der Waals surface area contributed by atoms with Gasteiger partial charge in [0.05, 0.1) is 12.4 Å². The quantitative estimate of drug-likeness (QED) is 0.775. The minimum atomic E-state index is 0.340. The number of rotatable bonds is 4. The molecular formula is C10H17N3O. The highest BCUT2D eigenvalue weighted by molar-refractivity contribution is 5.13. The lowest BCUT2D eigenvalue weighted by Crippen LogP contribution is -2.50. The van der Waals surface area contributed by atoms with Gasteiger partial charge < -0.3 is 10.1 Å². The Hall–Kier alpha value is -1.03. The topological polar surface area (TPSA) is 39.1 Å². The lowest BCUT2D eigenvalue weighted by Gasteiger charge is -2.26. The van der Waals surface area contributed by atoms with Crippen molar-refractivity contribution >= 4 is 0 Å². The van der Waals surface area contributed by atoms with Crippen LogP contribution in [0.3, 0.4) is 0 Å². The average molecular weight is 195 g/mol. The highest BCUT2D eigenvalue weighted by Crippen LogP contribution is 2.13. The number of aromatic nitrogens is 2. The first kappa shape index (κ1) is 9.52. The molecule has 4 heteroatoms. The standard InChI is InChI=1S/C10H17N3O/c1-8(2)6-13-7-10(5-12-13)14-9-3-11-4-9/h5,7-9,11H,3-4,6H2,1-2H3. The van der Waals surface area contributed by atoms with E-state index in [1.165, 1.54) is 0 Å². The molecule has 0 spiro atoms. The number of ether oxygens (including phenoxy) is 1. The summed E-state index contributed by atoms with van der Waals surface area (Å²) in [5.41, 5.74) is 0. The van der Waals surface area contributed by atoms with E-state index in [-0.39, 0.29) is 0 Å². The molecule has 0 amide bonds. The smallest absolute Gasteiger partial charge is 0.157 e. The van der Waals surface area contributed by atoms with Crippen molar-refractivity contribution in [3.63, 3.8) is 0 Å². The van der Waals surface area contributed by atoms with Gasteiger partial charge in [-0.15, -0.1) is 0 Å². The maximum Gasteiger partial charge on any atom is 0.157 e. The van der Waals surface area contributed by atoms with E-state index in [1.54, 1.807) is 6.20 Å². The highest BCUT2D eigenvalue weighted by Gasteiger charge is 2.18. The van der Waals surface area contributed by atoms with Crippen molar-refractivity contribution < 1.29 is 4.74 Å². The van der Waals surface area contributed by atoms with Crippen molar-refractivity contribution in [2.45, 2.75) is 26.5 Å². The van der Waals surface area contributed by atoms with Crippen molar-refractivity contribution in [1.29, 1.82) is 0 Å². The molecule has 1 N–H and O–H groups in total. The molecular weight excluding hydrogens is 178 g/mol. The van der Waals surface area contributed by atoms with Gasteiger partial charge in [0.15, 0.2) is 5.75 Å². The Bertz CT molecular complexity index is 291. The Kier molecular flexibility index (Phi) is 2.72. The molecule has 0 unspecified atom stereocenters. The summed E-state index contributed by atoms with van der Waals surface area (Å²) in [6, 6.07) is 0. The maximum atomic E-state index is 5.67. The van der Waals surface area contributed by atoms with Crippen molar-refractivity contribution in [3.8, 4) is 5.75 Å². The van der Waals surface area contributed by atoms with Gasteiger partial charge in [0, 0.05) is 19.6 Å². The Morgan fingerprint density at radius 2 is 2.43 bits per heavy atom. The SMILES string of the molecule is CC(C)Cn1cc(OC2CNC2)cn1. The number of hydrogen-bond donors (Lipinski definition) is 1. The minimum absolute atomic E-state index is 0.340. The van der Waals surface area contributed by atoms with Crippen LogP contribution in [-0.4, -0.2) is 29.0 Å². The monoisotopic (exact) mass is 195 g/mol. The molecule has 14 heavy (non-hydrogen) atoms. The van der Waals surface area contributed by atoms with Crippen LogP contribution in [0.1, 0.15) is 13.8 Å². The molecule has 4 nitrogen and oxygen atoms in total. The largest absolute Gasteiger partial charge is 0.484 e. The summed E-state index contributed by atoms with van der Waals surface area (Å²) in [5.74, 6) is 1.50. The van der Waals surface area contributed by atoms with Crippen molar-refractivity contribution in [2.24, 2.45) is 5.92 Å². The van der Waals surface area contributed by atoms with Crippen LogP contribution in [0, 0.1) is 5.92 Å². The van der Waals surface area contributed by atoms with Gasteiger partial charge in [-0.1, -0.05) is 13.8 Å². The van der Waals surface area contributed by atoms with Crippen molar-refractivity contribution in [1.82, 2.24) is 15.1 Å². The lowest BCUT2D eigenvalue weighted by molar-refractivity contribution is 0.142. The summed E-state index contributed by atoms with van der Waals surface area (Å²) in [6.07, 6.45) is 4.10. The van der Waals surface area contributed by atoms with E-state index < -0.39 is 0 Å². The van der Waals surface area contributed by atoms with Gasteiger partial charge in [-0.25, -0.2) is 0 Å². The van der Waals surface area contributed by atoms with Crippen LogP contribution in [0.5, 0.6) is 5.75 Å². The van der Waals surface area contributed by atoms with E-state index >= 15 is 0 Å². The summed E-state index contributed by atoms with van der Waals surface area (Å²) in [4.78, 5) is 0. The van der Waals surface area contributed by atoms with E-state index in [2.05, 4.69) is 24.3 Å². The summed E-state index contributed by atoms with van der Waals surface area (Å²) in [5, 5.41) is 7.41. The van der Waals surface area contributed by atoms with Gasteiger partial charge in [0.25, 0.3) is 0 Å². The first-order valence-corrected chi connectivity index (χ1v) is 5.14. The third-order valence-corrected chi connectivity index (χ3v) is 2.21. The van der Waals surface area contributed by atoms with Crippen LogP contribution in [0.4, 0.5) is 0 Å². The van der Waals surface area contributed by atoms with Gasteiger partial charge in [-0.05, 0) is 5.92 Å². The molecule has 0 aliphatic carbocycles. The van der Waals surface area contributed by atoms with Crippen molar-refractivity contribution in [3.05, 3.63) is 12.4 Å². The van der Waals surface area contributed by atoms with Crippen LogP contribution >= 0.6 is 0 Å². The highest BCUT2D eigenvalue weighted by atomic mass is 16.5. The second-order valence-corrected chi connectivity index (χ2v) is 4.19. The number of nitrogens with one attached hydrogen (secondary N) is 1. The van der Waals surface area contributed by atoms with Gasteiger partial charge in [0.2, 0.25) is 0 Å². The Balaban J connectivity index is 1.88. The van der Waals surface area contributed by atoms with Gasteiger partial charge in [-0.2, -0.15) is 5.10 Å². The fourth-order valence-electron chi connectivity index (χ4n) is 1.42. The third kappa shape index (κ3) is 2.26. The molecule has 0 atom stereocenters. The zero-order chi connectivity index (χ0) is 9.97. The first-order chi connectivity index (χ1) is 6.74. The van der Waals surface area contributed by atoms with Crippen LogP contribution < -0.4 is 10.1 Å². The summed E-state index contributed by atoms with van der Waals surface area (Å²) >= 11 is 0. The fraction of sp³-hybridized carbons (Fsp3) is 0.700. The maximum absolute atomic E-state index is 5.67. The minimum Gasteiger partial charge on any atom is -0.484 e. The van der Waals surface area contributed by atoms with Gasteiger partial charge >= 0.3 is 0 Å². The lowest BCUT2D eigenvalue weighted by atomic mass is 10.2. The van der Waals surface area contributed by atoms with Crippen LogP contribution in [0.2, 0.25) is 0 Å². The Labute approximate surface area is 84.3 Å². The Morgan fingerprint density at radius 1 is 1.64 bits per heavy atom. The second kappa shape index (κ2) is 4.00. The van der Waals surface area contributed by atoms with Crippen molar-refractivity contribution in [2.75, 3.05) is 13.1 Å². The van der Waals surface area contributed by atoms with Crippen LogP contribution in [-0.2, 0) is 6.54 Å². The van der Waals surface area contributed by atoms with E-state index in [0.717, 1.165) is 25.4 Å². The third-order valence-electron chi connectivity index (χ3n) is 2.21. The molecule has 1 aromatic heterocycles. The van der Waals surface area contributed by atoms with E-state index in [0.29, 0.717) is 12.0 Å². The summed E-state index contributed by atoms with van der Waals surface area (Å²) in [7, 11) is 0. The molecule has 1 saturated heterocycles. The molecule has 1 aliphatic heterocycles. The molecule has 78 valence electrons. The predicted octanol–water partition coefficient (Wildman–Crippen LogP) is 0.890.